The van der Waals surface area contributed by atoms with E-state index in [1.165, 1.54) is 16.2 Å². The third-order valence-corrected chi connectivity index (χ3v) is 5.22. The van der Waals surface area contributed by atoms with Crippen LogP contribution in [0.5, 0.6) is 0 Å². The van der Waals surface area contributed by atoms with Crippen molar-refractivity contribution in [2.24, 2.45) is 0 Å². The highest BCUT2D eigenvalue weighted by Gasteiger charge is 2.22. The van der Waals surface area contributed by atoms with E-state index in [9.17, 15) is 9.59 Å². The molecule has 0 saturated carbocycles. The Kier molecular flexibility index (Phi) is 8.14. The first-order valence-corrected chi connectivity index (χ1v) is 10.8. The van der Waals surface area contributed by atoms with Crippen LogP contribution in [-0.2, 0) is 16.1 Å². The molecule has 3 aromatic rings. The smallest absolute Gasteiger partial charge is 0.274 e. The van der Waals surface area contributed by atoms with Gasteiger partial charge in [0.05, 0.1) is 6.61 Å². The summed E-state index contributed by atoms with van der Waals surface area (Å²) in [5, 5.41) is 8.32. The van der Waals surface area contributed by atoms with Crippen molar-refractivity contribution in [1.29, 1.82) is 0 Å². The highest BCUT2D eigenvalue weighted by atomic mass is 32.1. The fourth-order valence-corrected chi connectivity index (χ4v) is 3.67. The minimum absolute atomic E-state index is 0.0599. The van der Waals surface area contributed by atoms with Crippen LogP contribution in [0, 0.1) is 6.92 Å². The van der Waals surface area contributed by atoms with Crippen molar-refractivity contribution < 1.29 is 14.3 Å². The van der Waals surface area contributed by atoms with E-state index in [-0.39, 0.29) is 18.4 Å². The molecule has 0 fully saturated rings. The number of carbonyl (C=O) groups is 2. The number of nitrogens with zero attached hydrogens (tertiary/aromatic N) is 2. The molecule has 0 unspecified atom stereocenters. The Balaban J connectivity index is 1.72. The summed E-state index contributed by atoms with van der Waals surface area (Å²) in [6.45, 7) is 3.08. The number of nitrogens with one attached hydrogen (secondary N) is 2. The molecule has 1 aromatic heterocycles. The summed E-state index contributed by atoms with van der Waals surface area (Å²) in [6, 6.07) is 17.5. The number of hydrogen-bond donors (Lipinski definition) is 2. The molecule has 31 heavy (non-hydrogen) atoms. The van der Waals surface area contributed by atoms with Crippen molar-refractivity contribution in [2.75, 3.05) is 32.1 Å². The third kappa shape index (κ3) is 6.91. The maximum Gasteiger partial charge on any atom is 0.274 e. The van der Waals surface area contributed by atoms with Crippen molar-refractivity contribution in [1.82, 2.24) is 15.2 Å². The van der Waals surface area contributed by atoms with Gasteiger partial charge in [0.15, 0.2) is 5.13 Å². The van der Waals surface area contributed by atoms with Crippen LogP contribution in [-0.4, -0.2) is 48.5 Å². The molecule has 0 bridgehead atoms. The Hall–Kier alpha value is -3.23. The molecule has 0 spiro atoms. The van der Waals surface area contributed by atoms with Gasteiger partial charge in [0.2, 0.25) is 5.91 Å². The van der Waals surface area contributed by atoms with E-state index in [1.54, 1.807) is 12.5 Å². The van der Waals surface area contributed by atoms with Crippen LogP contribution in [0.1, 0.15) is 21.6 Å². The first kappa shape index (κ1) is 22.5. The second-order valence-corrected chi connectivity index (χ2v) is 7.88. The molecule has 3 rings (SSSR count). The van der Waals surface area contributed by atoms with Gasteiger partial charge in [0.25, 0.3) is 5.91 Å². The fourth-order valence-electron chi connectivity index (χ4n) is 2.96. The van der Waals surface area contributed by atoms with E-state index in [2.05, 4.69) is 15.6 Å². The van der Waals surface area contributed by atoms with Crippen LogP contribution in [0.3, 0.4) is 0 Å². The van der Waals surface area contributed by atoms with Crippen molar-refractivity contribution in [3.8, 4) is 0 Å². The molecular weight excluding hydrogens is 412 g/mol. The summed E-state index contributed by atoms with van der Waals surface area (Å²) < 4.78 is 4.96. The Morgan fingerprint density at radius 1 is 1.13 bits per heavy atom. The van der Waals surface area contributed by atoms with Gasteiger partial charge in [-0.1, -0.05) is 42.5 Å². The molecule has 0 radical (unpaired) electrons. The molecule has 8 heteroatoms. The summed E-state index contributed by atoms with van der Waals surface area (Å²) in [7, 11) is 1.57. The summed E-state index contributed by atoms with van der Waals surface area (Å²) in [4.78, 5) is 31.5. The maximum atomic E-state index is 13.2. The fraction of sp³-hybridized carbons (Fsp3) is 0.261. The summed E-state index contributed by atoms with van der Waals surface area (Å²) in [5.41, 5.74) is 3.29. The Morgan fingerprint density at radius 2 is 1.94 bits per heavy atom. The molecule has 0 atom stereocenters. The number of aryl methyl sites for hydroxylation is 1. The number of rotatable bonds is 10. The average molecular weight is 439 g/mol. The topological polar surface area (TPSA) is 83.6 Å². The lowest BCUT2D eigenvalue weighted by Gasteiger charge is -2.21. The van der Waals surface area contributed by atoms with Gasteiger partial charge in [-0.05, 0) is 30.2 Å². The van der Waals surface area contributed by atoms with Gasteiger partial charge < -0.3 is 20.3 Å². The van der Waals surface area contributed by atoms with Crippen LogP contribution in [0.25, 0.3) is 0 Å². The second kappa shape index (κ2) is 11.2. The van der Waals surface area contributed by atoms with E-state index in [4.69, 9.17) is 4.74 Å². The van der Waals surface area contributed by atoms with Crippen molar-refractivity contribution in [2.45, 2.75) is 13.5 Å². The number of benzene rings is 2. The number of thiazole rings is 1. The quantitative estimate of drug-likeness (QED) is 0.473. The minimum atomic E-state index is -0.292. The van der Waals surface area contributed by atoms with E-state index in [0.717, 1.165) is 16.8 Å². The average Bonchev–Trinajstić information content (AvgIpc) is 3.22. The monoisotopic (exact) mass is 438 g/mol. The van der Waals surface area contributed by atoms with Crippen LogP contribution >= 0.6 is 11.3 Å². The number of methoxy groups -OCH3 is 1. The van der Waals surface area contributed by atoms with Crippen molar-refractivity contribution >= 4 is 34.0 Å². The second-order valence-electron chi connectivity index (χ2n) is 7.02. The zero-order valence-corrected chi connectivity index (χ0v) is 18.4. The molecule has 2 amide bonds. The molecule has 0 saturated heterocycles. The van der Waals surface area contributed by atoms with Gasteiger partial charge in [-0.15, -0.1) is 11.3 Å². The Bertz CT molecular complexity index is 1010. The minimum Gasteiger partial charge on any atom is -0.383 e. The van der Waals surface area contributed by atoms with Gasteiger partial charge in [0.1, 0.15) is 12.2 Å². The first-order chi connectivity index (χ1) is 15.0. The number of ether oxygens (including phenoxy) is 1. The van der Waals surface area contributed by atoms with Gasteiger partial charge in [-0.25, -0.2) is 4.98 Å². The number of aromatic nitrogens is 1. The lowest BCUT2D eigenvalue weighted by molar-refractivity contribution is -0.122. The van der Waals surface area contributed by atoms with Crippen molar-refractivity contribution in [3.05, 3.63) is 76.8 Å². The number of anilines is 2. The number of carbonyl (C=O) groups excluding carboxylic acids is 2. The van der Waals surface area contributed by atoms with Gasteiger partial charge >= 0.3 is 0 Å². The molecule has 0 aliphatic carbocycles. The van der Waals surface area contributed by atoms with E-state index >= 15 is 0 Å². The largest absolute Gasteiger partial charge is 0.383 e. The third-order valence-electron chi connectivity index (χ3n) is 4.46. The molecule has 162 valence electrons. The highest BCUT2D eigenvalue weighted by molar-refractivity contribution is 7.14. The Labute approximate surface area is 186 Å². The predicted molar refractivity (Wildman–Crippen MR) is 123 cm³/mol. The lowest BCUT2D eigenvalue weighted by Crippen LogP contribution is -2.41. The molecule has 0 aliphatic rings. The van der Waals surface area contributed by atoms with Gasteiger partial charge in [-0.3, -0.25) is 9.59 Å². The number of amides is 2. The van der Waals surface area contributed by atoms with E-state index < -0.39 is 0 Å². The summed E-state index contributed by atoms with van der Waals surface area (Å²) in [6.07, 6.45) is 0. The molecule has 1 heterocycles. The maximum absolute atomic E-state index is 13.2. The van der Waals surface area contributed by atoms with E-state index in [0.29, 0.717) is 30.5 Å². The molecule has 7 nitrogen and oxygen atoms in total. The molecule has 2 aromatic carbocycles. The van der Waals surface area contributed by atoms with Gasteiger partial charge in [-0.2, -0.15) is 0 Å². The standard InChI is InChI=1S/C23H26N4O3S/c1-17-7-6-10-19(13-17)25-23-26-20(16-31-23)22(29)27(14-18-8-4-3-5-9-18)15-21(28)24-11-12-30-2/h3-10,13,16H,11-12,14-15H2,1-2H3,(H,24,28)(H,25,26). The summed E-state index contributed by atoms with van der Waals surface area (Å²) >= 11 is 1.35. The Morgan fingerprint density at radius 3 is 2.68 bits per heavy atom. The number of hydrogen-bond acceptors (Lipinski definition) is 6. The zero-order chi connectivity index (χ0) is 22.1. The highest BCUT2D eigenvalue weighted by Crippen LogP contribution is 2.22. The molecular formula is C23H26N4O3S. The molecule has 2 N–H and O–H groups in total. The first-order valence-electron chi connectivity index (χ1n) is 9.93. The van der Waals surface area contributed by atoms with E-state index in [1.807, 2.05) is 61.5 Å². The zero-order valence-electron chi connectivity index (χ0n) is 17.6. The van der Waals surface area contributed by atoms with Crippen molar-refractivity contribution in [3.63, 3.8) is 0 Å². The normalized spacial score (nSPS) is 10.5. The van der Waals surface area contributed by atoms with Gasteiger partial charge in [0, 0.05) is 31.3 Å². The summed E-state index contributed by atoms with van der Waals surface area (Å²) in [5.74, 6) is -0.533. The lowest BCUT2D eigenvalue weighted by atomic mass is 10.2. The predicted octanol–water partition coefficient (Wildman–Crippen LogP) is 3.60. The molecule has 0 aliphatic heterocycles. The SMILES string of the molecule is COCCNC(=O)CN(Cc1ccccc1)C(=O)c1csc(Nc2cccc(C)c2)n1. The van der Waals surface area contributed by atoms with Crippen LogP contribution in [0.4, 0.5) is 10.8 Å². The van der Waals surface area contributed by atoms with Crippen LogP contribution in [0.15, 0.2) is 60.0 Å². The van der Waals surface area contributed by atoms with Crippen LogP contribution in [0.2, 0.25) is 0 Å². The van der Waals surface area contributed by atoms with Crippen LogP contribution < -0.4 is 10.6 Å².